The lowest BCUT2D eigenvalue weighted by Crippen LogP contribution is -2.28. The van der Waals surface area contributed by atoms with Crippen molar-refractivity contribution in [2.75, 3.05) is 11.9 Å². The SMILES string of the molecule is CCCCN=C1NC(=O)C(CC(=O)Nc2c(C)cccc2C)S1. The van der Waals surface area contributed by atoms with Gasteiger partial charge in [-0.2, -0.15) is 0 Å². The first-order chi connectivity index (χ1) is 11.0. The van der Waals surface area contributed by atoms with Gasteiger partial charge in [0.25, 0.3) is 0 Å². The van der Waals surface area contributed by atoms with Crippen molar-refractivity contribution in [2.45, 2.75) is 45.3 Å². The number of hydrogen-bond donors (Lipinski definition) is 2. The van der Waals surface area contributed by atoms with E-state index in [0.717, 1.165) is 29.7 Å². The molecule has 0 spiro atoms. The molecule has 1 aliphatic rings. The molecule has 1 unspecified atom stereocenters. The van der Waals surface area contributed by atoms with Crippen molar-refractivity contribution in [3.63, 3.8) is 0 Å². The molecule has 1 fully saturated rings. The Balaban J connectivity index is 1.93. The van der Waals surface area contributed by atoms with Crippen LogP contribution < -0.4 is 10.6 Å². The van der Waals surface area contributed by atoms with Crippen LogP contribution in [-0.2, 0) is 9.59 Å². The van der Waals surface area contributed by atoms with Crippen LogP contribution in [0.25, 0.3) is 0 Å². The summed E-state index contributed by atoms with van der Waals surface area (Å²) in [6.45, 7) is 6.72. The van der Waals surface area contributed by atoms with Gasteiger partial charge < -0.3 is 10.6 Å². The van der Waals surface area contributed by atoms with Crippen LogP contribution in [0.15, 0.2) is 23.2 Å². The molecule has 1 atom stereocenters. The molecular formula is C17H23N3O2S. The molecule has 2 amide bonds. The molecule has 1 aromatic carbocycles. The summed E-state index contributed by atoms with van der Waals surface area (Å²) in [5.41, 5.74) is 2.87. The van der Waals surface area contributed by atoms with E-state index in [2.05, 4.69) is 22.5 Å². The number of aryl methyl sites for hydroxylation is 2. The largest absolute Gasteiger partial charge is 0.326 e. The minimum Gasteiger partial charge on any atom is -0.326 e. The highest BCUT2D eigenvalue weighted by molar-refractivity contribution is 8.15. The van der Waals surface area contributed by atoms with Gasteiger partial charge in [0.2, 0.25) is 11.8 Å². The van der Waals surface area contributed by atoms with E-state index in [4.69, 9.17) is 0 Å². The van der Waals surface area contributed by atoms with E-state index in [-0.39, 0.29) is 18.2 Å². The van der Waals surface area contributed by atoms with E-state index in [1.165, 1.54) is 11.8 Å². The Morgan fingerprint density at radius 3 is 2.70 bits per heavy atom. The maximum absolute atomic E-state index is 12.2. The molecule has 6 heteroatoms. The predicted molar refractivity (Wildman–Crippen MR) is 95.9 cm³/mol. The fraction of sp³-hybridized carbons (Fsp3) is 0.471. The van der Waals surface area contributed by atoms with Crippen LogP contribution in [0.3, 0.4) is 0 Å². The number of rotatable bonds is 6. The highest BCUT2D eigenvalue weighted by atomic mass is 32.2. The third kappa shape index (κ3) is 4.82. The van der Waals surface area contributed by atoms with Crippen molar-refractivity contribution in [1.29, 1.82) is 0 Å². The number of hydrogen-bond acceptors (Lipinski definition) is 4. The van der Waals surface area contributed by atoms with E-state index in [1.807, 2.05) is 32.0 Å². The molecule has 2 rings (SSSR count). The van der Waals surface area contributed by atoms with E-state index < -0.39 is 5.25 Å². The summed E-state index contributed by atoms with van der Waals surface area (Å²) < 4.78 is 0. The number of carbonyl (C=O) groups is 2. The normalized spacial score (nSPS) is 19.0. The van der Waals surface area contributed by atoms with Crippen molar-refractivity contribution < 1.29 is 9.59 Å². The topological polar surface area (TPSA) is 70.6 Å². The van der Waals surface area contributed by atoms with Crippen LogP contribution in [-0.4, -0.2) is 28.8 Å². The fourth-order valence-electron chi connectivity index (χ4n) is 2.32. The van der Waals surface area contributed by atoms with Crippen molar-refractivity contribution in [3.05, 3.63) is 29.3 Å². The minimum absolute atomic E-state index is 0.137. The number of amidine groups is 1. The molecule has 1 saturated heterocycles. The first-order valence-electron chi connectivity index (χ1n) is 7.89. The molecule has 1 heterocycles. The van der Waals surface area contributed by atoms with E-state index in [1.54, 1.807) is 0 Å². The Morgan fingerprint density at radius 2 is 2.04 bits per heavy atom. The van der Waals surface area contributed by atoms with Crippen molar-refractivity contribution in [1.82, 2.24) is 5.32 Å². The summed E-state index contributed by atoms with van der Waals surface area (Å²) >= 11 is 1.35. The fourth-order valence-corrected chi connectivity index (χ4v) is 3.32. The number of anilines is 1. The zero-order valence-corrected chi connectivity index (χ0v) is 14.6. The highest BCUT2D eigenvalue weighted by Crippen LogP contribution is 2.24. The van der Waals surface area contributed by atoms with E-state index in [9.17, 15) is 9.59 Å². The Hall–Kier alpha value is -1.82. The van der Waals surface area contributed by atoms with Gasteiger partial charge in [-0.15, -0.1) is 0 Å². The number of para-hydroxylation sites is 1. The number of nitrogens with zero attached hydrogens (tertiary/aromatic N) is 1. The molecule has 124 valence electrons. The predicted octanol–water partition coefficient (Wildman–Crippen LogP) is 3.02. The molecule has 23 heavy (non-hydrogen) atoms. The van der Waals surface area contributed by atoms with Gasteiger partial charge in [-0.05, 0) is 31.4 Å². The van der Waals surface area contributed by atoms with Gasteiger partial charge in [-0.3, -0.25) is 14.6 Å². The van der Waals surface area contributed by atoms with Gasteiger partial charge in [0.05, 0.1) is 0 Å². The smallest absolute Gasteiger partial charge is 0.240 e. The van der Waals surface area contributed by atoms with Crippen molar-refractivity contribution in [3.8, 4) is 0 Å². The van der Waals surface area contributed by atoms with E-state index >= 15 is 0 Å². The van der Waals surface area contributed by atoms with Crippen molar-refractivity contribution >= 4 is 34.4 Å². The van der Waals surface area contributed by atoms with Crippen molar-refractivity contribution in [2.24, 2.45) is 4.99 Å². The Morgan fingerprint density at radius 1 is 1.35 bits per heavy atom. The number of amides is 2. The molecule has 0 bridgehead atoms. The number of carbonyl (C=O) groups excluding carboxylic acids is 2. The second-order valence-corrected chi connectivity index (χ2v) is 6.85. The average Bonchev–Trinajstić information content (AvgIpc) is 2.83. The van der Waals surface area contributed by atoms with Crippen LogP contribution in [0, 0.1) is 13.8 Å². The molecule has 0 saturated carbocycles. The van der Waals surface area contributed by atoms with Gasteiger partial charge in [0.15, 0.2) is 5.17 Å². The van der Waals surface area contributed by atoms with Crippen LogP contribution in [0.4, 0.5) is 5.69 Å². The maximum atomic E-state index is 12.2. The molecule has 0 radical (unpaired) electrons. The van der Waals surface area contributed by atoms with Gasteiger partial charge in [-0.25, -0.2) is 0 Å². The summed E-state index contributed by atoms with van der Waals surface area (Å²) in [6, 6.07) is 5.87. The lowest BCUT2D eigenvalue weighted by molar-refractivity contribution is -0.122. The summed E-state index contributed by atoms with van der Waals surface area (Å²) in [4.78, 5) is 28.5. The number of nitrogens with one attached hydrogen (secondary N) is 2. The number of unbranched alkanes of at least 4 members (excludes halogenated alkanes) is 1. The first kappa shape index (κ1) is 17.5. The third-order valence-corrected chi connectivity index (χ3v) is 4.78. The number of thioether (sulfide) groups is 1. The first-order valence-corrected chi connectivity index (χ1v) is 8.77. The molecular weight excluding hydrogens is 310 g/mol. The lowest BCUT2D eigenvalue weighted by Gasteiger charge is -2.12. The summed E-state index contributed by atoms with van der Waals surface area (Å²) in [6.07, 6.45) is 2.21. The maximum Gasteiger partial charge on any atom is 0.240 e. The van der Waals surface area contributed by atoms with Gasteiger partial charge in [0.1, 0.15) is 5.25 Å². The molecule has 1 aromatic rings. The zero-order chi connectivity index (χ0) is 16.8. The summed E-state index contributed by atoms with van der Waals surface area (Å²) in [5, 5.41) is 5.90. The molecule has 5 nitrogen and oxygen atoms in total. The Labute approximate surface area is 141 Å². The van der Waals surface area contributed by atoms with Gasteiger partial charge in [-0.1, -0.05) is 43.3 Å². The van der Waals surface area contributed by atoms with Crippen LogP contribution in [0.5, 0.6) is 0 Å². The molecule has 1 aliphatic heterocycles. The second kappa shape index (κ2) is 8.15. The Kier molecular flexibility index (Phi) is 6.21. The number of benzene rings is 1. The van der Waals surface area contributed by atoms with Crippen LogP contribution in [0.2, 0.25) is 0 Å². The monoisotopic (exact) mass is 333 g/mol. The molecule has 0 aliphatic carbocycles. The number of aliphatic imine (C=N–C) groups is 1. The van der Waals surface area contributed by atoms with Gasteiger partial charge in [0, 0.05) is 18.7 Å². The van der Waals surface area contributed by atoms with Gasteiger partial charge >= 0.3 is 0 Å². The molecule has 0 aromatic heterocycles. The average molecular weight is 333 g/mol. The van der Waals surface area contributed by atoms with Crippen LogP contribution >= 0.6 is 11.8 Å². The molecule has 2 N–H and O–H groups in total. The minimum atomic E-state index is -0.403. The highest BCUT2D eigenvalue weighted by Gasteiger charge is 2.32. The summed E-state index contributed by atoms with van der Waals surface area (Å²) in [5.74, 6) is -0.285. The third-order valence-electron chi connectivity index (χ3n) is 3.66. The zero-order valence-electron chi connectivity index (χ0n) is 13.8. The standard InChI is InChI=1S/C17H23N3O2S/c1-4-5-9-18-17-20-16(22)13(23-17)10-14(21)19-15-11(2)7-6-8-12(15)3/h6-8,13H,4-5,9-10H2,1-3H3,(H,19,21)(H,18,20,22). The van der Waals surface area contributed by atoms with Crippen LogP contribution in [0.1, 0.15) is 37.3 Å². The Bertz CT molecular complexity index is 608. The van der Waals surface area contributed by atoms with E-state index in [0.29, 0.717) is 11.7 Å². The summed E-state index contributed by atoms with van der Waals surface area (Å²) in [7, 11) is 0. The second-order valence-electron chi connectivity index (χ2n) is 5.66. The quantitative estimate of drug-likeness (QED) is 0.786. The lowest BCUT2D eigenvalue weighted by atomic mass is 10.1.